The molecule has 2 aromatic rings. The molecular formula is C17H20ClNO. The molecule has 0 saturated heterocycles. The number of hydrogen-bond donors (Lipinski definition) is 2. The maximum atomic E-state index is 10.7. The molecule has 0 aliphatic heterocycles. The highest BCUT2D eigenvalue weighted by atomic mass is 35.5. The molecule has 3 N–H and O–H groups in total. The number of hydrogen-bond acceptors (Lipinski definition) is 2. The summed E-state index contributed by atoms with van der Waals surface area (Å²) in [4.78, 5) is 0. The summed E-state index contributed by atoms with van der Waals surface area (Å²) in [6.45, 7) is 2.43. The number of halogens is 1. The molecule has 3 heteroatoms. The zero-order valence-electron chi connectivity index (χ0n) is 11.6. The third-order valence-electron chi connectivity index (χ3n) is 3.69. The summed E-state index contributed by atoms with van der Waals surface area (Å²) in [5, 5.41) is 11.4. The highest BCUT2D eigenvalue weighted by Crippen LogP contribution is 2.35. The van der Waals surface area contributed by atoms with Gasteiger partial charge in [-0.2, -0.15) is 0 Å². The molecule has 2 unspecified atom stereocenters. The van der Waals surface area contributed by atoms with E-state index in [1.54, 1.807) is 0 Å². The molecule has 106 valence electrons. The Kier molecular flexibility index (Phi) is 5.18. The Morgan fingerprint density at radius 3 is 2.25 bits per heavy atom. The first-order valence-corrected chi connectivity index (χ1v) is 7.27. The molecule has 2 atom stereocenters. The lowest BCUT2D eigenvalue weighted by Gasteiger charge is -2.25. The van der Waals surface area contributed by atoms with E-state index in [0.29, 0.717) is 11.6 Å². The minimum absolute atomic E-state index is 0.198. The number of aliphatic hydroxyl groups is 1. The average molecular weight is 290 g/mol. The van der Waals surface area contributed by atoms with Gasteiger partial charge in [0.05, 0.1) is 6.10 Å². The second-order valence-electron chi connectivity index (χ2n) is 4.86. The van der Waals surface area contributed by atoms with Crippen LogP contribution in [-0.4, -0.2) is 11.7 Å². The van der Waals surface area contributed by atoms with E-state index >= 15 is 0 Å². The first kappa shape index (κ1) is 15.0. The highest BCUT2D eigenvalue weighted by Gasteiger charge is 2.24. The van der Waals surface area contributed by atoms with Gasteiger partial charge in [0.1, 0.15) is 0 Å². The topological polar surface area (TPSA) is 46.2 Å². The van der Waals surface area contributed by atoms with E-state index in [2.05, 4.69) is 6.92 Å². The van der Waals surface area contributed by atoms with E-state index in [0.717, 1.165) is 23.1 Å². The maximum absolute atomic E-state index is 10.7. The van der Waals surface area contributed by atoms with Crippen molar-refractivity contribution in [3.63, 3.8) is 0 Å². The van der Waals surface area contributed by atoms with Crippen LogP contribution >= 0.6 is 11.6 Å². The van der Waals surface area contributed by atoms with Gasteiger partial charge in [0.25, 0.3) is 0 Å². The monoisotopic (exact) mass is 289 g/mol. The number of nitrogens with two attached hydrogens (primary N) is 1. The van der Waals surface area contributed by atoms with Gasteiger partial charge < -0.3 is 10.8 Å². The van der Waals surface area contributed by atoms with Gasteiger partial charge in [-0.3, -0.25) is 0 Å². The average Bonchev–Trinajstić information content (AvgIpc) is 2.49. The van der Waals surface area contributed by atoms with Crippen molar-refractivity contribution in [2.24, 2.45) is 5.73 Å². The summed E-state index contributed by atoms with van der Waals surface area (Å²) >= 11 is 6.24. The predicted octanol–water partition coefficient (Wildman–Crippen LogP) is 3.68. The SMILES string of the molecule is CCc1ccccc1C(O)C(CN)c1ccccc1Cl. The van der Waals surface area contributed by atoms with E-state index < -0.39 is 6.10 Å². The van der Waals surface area contributed by atoms with Crippen LogP contribution in [0, 0.1) is 0 Å². The van der Waals surface area contributed by atoms with Gasteiger partial charge in [-0.1, -0.05) is 61.0 Å². The summed E-state index contributed by atoms with van der Waals surface area (Å²) < 4.78 is 0. The summed E-state index contributed by atoms with van der Waals surface area (Å²) in [6.07, 6.45) is 0.239. The molecule has 2 rings (SSSR count). The van der Waals surface area contributed by atoms with Crippen LogP contribution in [0.5, 0.6) is 0 Å². The van der Waals surface area contributed by atoms with Crippen molar-refractivity contribution in [2.45, 2.75) is 25.4 Å². The molecule has 0 aliphatic carbocycles. The molecule has 0 aromatic heterocycles. The summed E-state index contributed by atoms with van der Waals surface area (Å²) in [7, 11) is 0. The quantitative estimate of drug-likeness (QED) is 0.882. The fourth-order valence-corrected chi connectivity index (χ4v) is 2.84. The Bertz CT molecular complexity index is 570. The molecule has 20 heavy (non-hydrogen) atoms. The van der Waals surface area contributed by atoms with Gasteiger partial charge in [0.15, 0.2) is 0 Å². The van der Waals surface area contributed by atoms with Crippen LogP contribution < -0.4 is 5.73 Å². The number of rotatable bonds is 5. The normalized spacial score (nSPS) is 14.0. The van der Waals surface area contributed by atoms with Crippen LogP contribution in [0.25, 0.3) is 0 Å². The van der Waals surface area contributed by atoms with E-state index in [4.69, 9.17) is 17.3 Å². The molecule has 0 spiro atoms. The largest absolute Gasteiger partial charge is 0.388 e. The Hall–Kier alpha value is -1.35. The Morgan fingerprint density at radius 2 is 1.65 bits per heavy atom. The lowest BCUT2D eigenvalue weighted by molar-refractivity contribution is 0.146. The molecular weight excluding hydrogens is 270 g/mol. The van der Waals surface area contributed by atoms with E-state index in [9.17, 15) is 5.11 Å². The van der Waals surface area contributed by atoms with Crippen LogP contribution in [0.15, 0.2) is 48.5 Å². The Labute approximate surface area is 125 Å². The number of aryl methyl sites for hydroxylation is 1. The molecule has 0 heterocycles. The highest BCUT2D eigenvalue weighted by molar-refractivity contribution is 6.31. The van der Waals surface area contributed by atoms with Gasteiger partial charge in [-0.15, -0.1) is 0 Å². The second-order valence-corrected chi connectivity index (χ2v) is 5.27. The summed E-state index contributed by atoms with van der Waals surface area (Å²) in [5.74, 6) is -0.198. The van der Waals surface area contributed by atoms with E-state index in [1.807, 2.05) is 48.5 Å². The summed E-state index contributed by atoms with van der Waals surface area (Å²) in [6, 6.07) is 15.5. The minimum atomic E-state index is -0.643. The van der Waals surface area contributed by atoms with Crippen molar-refractivity contribution < 1.29 is 5.11 Å². The third kappa shape index (κ3) is 3.04. The van der Waals surface area contributed by atoms with Crippen LogP contribution in [0.2, 0.25) is 5.02 Å². The predicted molar refractivity (Wildman–Crippen MR) is 84.0 cm³/mol. The van der Waals surface area contributed by atoms with E-state index in [1.165, 1.54) is 0 Å². The van der Waals surface area contributed by atoms with Gasteiger partial charge >= 0.3 is 0 Å². The third-order valence-corrected chi connectivity index (χ3v) is 4.04. The van der Waals surface area contributed by atoms with Crippen LogP contribution in [0.1, 0.15) is 35.6 Å². The molecule has 0 radical (unpaired) electrons. The molecule has 0 bridgehead atoms. The molecule has 0 fully saturated rings. The Morgan fingerprint density at radius 1 is 1.05 bits per heavy atom. The fraction of sp³-hybridized carbons (Fsp3) is 0.294. The van der Waals surface area contributed by atoms with Gasteiger partial charge in [-0.25, -0.2) is 0 Å². The van der Waals surface area contributed by atoms with Crippen LogP contribution in [0.4, 0.5) is 0 Å². The molecule has 2 nitrogen and oxygen atoms in total. The van der Waals surface area contributed by atoms with Crippen molar-refractivity contribution >= 4 is 11.6 Å². The van der Waals surface area contributed by atoms with Gasteiger partial charge in [0, 0.05) is 17.5 Å². The van der Waals surface area contributed by atoms with E-state index in [-0.39, 0.29) is 5.92 Å². The van der Waals surface area contributed by atoms with Crippen molar-refractivity contribution in [3.05, 3.63) is 70.2 Å². The van der Waals surface area contributed by atoms with Crippen molar-refractivity contribution in [1.82, 2.24) is 0 Å². The summed E-state index contributed by atoms with van der Waals surface area (Å²) in [5.41, 5.74) is 8.86. The minimum Gasteiger partial charge on any atom is -0.388 e. The van der Waals surface area contributed by atoms with Crippen molar-refractivity contribution in [1.29, 1.82) is 0 Å². The fourth-order valence-electron chi connectivity index (χ4n) is 2.56. The molecule has 0 saturated carbocycles. The smallest absolute Gasteiger partial charge is 0.0873 e. The Balaban J connectivity index is 2.39. The standard InChI is InChI=1S/C17H20ClNO/c1-2-12-7-3-4-8-13(12)17(20)15(11-19)14-9-5-6-10-16(14)18/h3-10,15,17,20H,2,11,19H2,1H3. The lowest BCUT2D eigenvalue weighted by Crippen LogP contribution is -2.21. The van der Waals surface area contributed by atoms with Gasteiger partial charge in [0.2, 0.25) is 0 Å². The van der Waals surface area contributed by atoms with Crippen molar-refractivity contribution in [3.8, 4) is 0 Å². The molecule has 0 amide bonds. The first-order valence-electron chi connectivity index (χ1n) is 6.89. The molecule has 0 aliphatic rings. The van der Waals surface area contributed by atoms with Crippen LogP contribution in [-0.2, 0) is 6.42 Å². The lowest BCUT2D eigenvalue weighted by atomic mass is 9.86. The second kappa shape index (κ2) is 6.89. The number of aliphatic hydroxyl groups excluding tert-OH is 1. The zero-order valence-corrected chi connectivity index (χ0v) is 12.3. The first-order chi connectivity index (χ1) is 9.69. The van der Waals surface area contributed by atoms with Gasteiger partial charge in [-0.05, 0) is 29.2 Å². The maximum Gasteiger partial charge on any atom is 0.0873 e. The number of benzene rings is 2. The molecule has 2 aromatic carbocycles. The van der Waals surface area contributed by atoms with Crippen LogP contribution in [0.3, 0.4) is 0 Å². The zero-order chi connectivity index (χ0) is 14.5. The van der Waals surface area contributed by atoms with Crippen molar-refractivity contribution in [2.75, 3.05) is 6.54 Å².